The van der Waals surface area contributed by atoms with E-state index in [2.05, 4.69) is 31.4 Å². The number of amides is 1. The Bertz CT molecular complexity index is 1190. The number of esters is 1. The van der Waals surface area contributed by atoms with Crippen molar-refractivity contribution in [2.75, 3.05) is 5.32 Å². The third-order valence-electron chi connectivity index (χ3n) is 6.70. The van der Waals surface area contributed by atoms with Crippen LogP contribution in [0.5, 0.6) is 5.75 Å². The van der Waals surface area contributed by atoms with E-state index in [4.69, 9.17) is 4.74 Å². The number of hydrogen-bond acceptors (Lipinski definition) is 5. The maximum absolute atomic E-state index is 13.0. The number of carbonyl (C=O) groups excluding carboxylic acids is 2. The summed E-state index contributed by atoms with van der Waals surface area (Å²) in [6.07, 6.45) is 2.81. The Hall–Kier alpha value is -3.12. The fraction of sp³-hybridized carbons (Fsp3) is 0.333. The summed E-state index contributed by atoms with van der Waals surface area (Å²) in [6.45, 7) is 6.91. The van der Waals surface area contributed by atoms with E-state index >= 15 is 0 Å². The van der Waals surface area contributed by atoms with Crippen LogP contribution in [0.1, 0.15) is 70.1 Å². The predicted octanol–water partition coefficient (Wildman–Crippen LogP) is 5.97. The molecule has 1 aromatic heterocycles. The van der Waals surface area contributed by atoms with Gasteiger partial charge < -0.3 is 15.4 Å². The molecule has 0 fully saturated rings. The van der Waals surface area contributed by atoms with Gasteiger partial charge in [0.1, 0.15) is 16.9 Å². The molecule has 0 bridgehead atoms. The van der Waals surface area contributed by atoms with Gasteiger partial charge in [0.25, 0.3) is 5.91 Å². The van der Waals surface area contributed by atoms with E-state index in [-0.39, 0.29) is 17.5 Å². The lowest BCUT2D eigenvalue weighted by Crippen LogP contribution is -2.38. The molecule has 6 heteroatoms. The Kier molecular flexibility index (Phi) is 5.49. The van der Waals surface area contributed by atoms with E-state index in [9.17, 15) is 9.59 Å². The quantitative estimate of drug-likeness (QED) is 0.373. The SMILES string of the molecule is CC(C)(C)[C@H]1CCc2c(sc3c2C(=O)N[C@@H](c2ccc(OC(=O)c4ccccc4)cc2)N3)C1. The highest BCUT2D eigenvalue weighted by Crippen LogP contribution is 2.46. The molecule has 5 rings (SSSR count). The zero-order valence-corrected chi connectivity index (χ0v) is 19.9. The van der Waals surface area contributed by atoms with Crippen molar-refractivity contribution in [3.05, 3.63) is 81.7 Å². The molecule has 1 amide bonds. The van der Waals surface area contributed by atoms with Crippen LogP contribution in [0.25, 0.3) is 0 Å². The Morgan fingerprint density at radius 1 is 1.03 bits per heavy atom. The molecule has 0 spiro atoms. The Morgan fingerprint density at radius 3 is 2.45 bits per heavy atom. The van der Waals surface area contributed by atoms with Crippen LogP contribution in [-0.2, 0) is 12.8 Å². The van der Waals surface area contributed by atoms with Gasteiger partial charge in [-0.05, 0) is 66.0 Å². The zero-order valence-electron chi connectivity index (χ0n) is 19.1. The second kappa shape index (κ2) is 8.34. The van der Waals surface area contributed by atoms with Gasteiger partial charge >= 0.3 is 5.97 Å². The van der Waals surface area contributed by atoms with E-state index < -0.39 is 5.97 Å². The predicted molar refractivity (Wildman–Crippen MR) is 131 cm³/mol. The first kappa shape index (κ1) is 21.7. The average Bonchev–Trinajstić information content (AvgIpc) is 3.18. The van der Waals surface area contributed by atoms with Crippen molar-refractivity contribution in [3.63, 3.8) is 0 Å². The molecule has 0 saturated heterocycles. The van der Waals surface area contributed by atoms with Crippen LogP contribution in [0.3, 0.4) is 0 Å². The summed E-state index contributed by atoms with van der Waals surface area (Å²) in [5.74, 6) is 0.695. The molecule has 1 aliphatic heterocycles. The van der Waals surface area contributed by atoms with E-state index in [1.807, 2.05) is 18.2 Å². The normalized spacial score (nSPS) is 19.7. The molecule has 1 aliphatic carbocycles. The molecule has 0 unspecified atom stereocenters. The van der Waals surface area contributed by atoms with Gasteiger partial charge in [-0.1, -0.05) is 51.1 Å². The molecular weight excluding hydrogens is 432 g/mol. The highest BCUT2D eigenvalue weighted by Gasteiger charge is 2.36. The standard InChI is InChI=1S/C27H28N2O3S/c1-27(2,3)18-11-14-20-21(15-18)33-25-22(20)24(30)28-23(29-25)16-9-12-19(13-10-16)32-26(31)17-7-5-4-6-8-17/h4-10,12-13,18,23,29H,11,14-15H2,1-3H3,(H,28,30)/t18-,23+/m0/s1. The maximum Gasteiger partial charge on any atom is 0.343 e. The van der Waals surface area contributed by atoms with Crippen LogP contribution < -0.4 is 15.4 Å². The second-order valence-electron chi connectivity index (χ2n) is 9.89. The molecular formula is C27H28N2O3S. The summed E-state index contributed by atoms with van der Waals surface area (Å²) in [7, 11) is 0. The number of thiophene rings is 1. The van der Waals surface area contributed by atoms with E-state index in [1.54, 1.807) is 47.7 Å². The molecule has 2 aromatic carbocycles. The number of benzene rings is 2. The van der Waals surface area contributed by atoms with E-state index in [0.29, 0.717) is 17.2 Å². The topological polar surface area (TPSA) is 67.4 Å². The lowest BCUT2D eigenvalue weighted by atomic mass is 9.72. The molecule has 3 aromatic rings. The van der Waals surface area contributed by atoms with Crippen LogP contribution >= 0.6 is 11.3 Å². The zero-order chi connectivity index (χ0) is 23.2. The summed E-state index contributed by atoms with van der Waals surface area (Å²) in [5.41, 5.74) is 3.74. The molecule has 2 aliphatic rings. The molecule has 33 heavy (non-hydrogen) atoms. The fourth-order valence-electron chi connectivity index (χ4n) is 4.67. The van der Waals surface area contributed by atoms with Crippen LogP contribution in [0.15, 0.2) is 54.6 Å². The minimum absolute atomic E-state index is 0.0139. The summed E-state index contributed by atoms with van der Waals surface area (Å²) in [5, 5.41) is 7.58. The Balaban J connectivity index is 1.31. The lowest BCUT2D eigenvalue weighted by Gasteiger charge is -2.34. The van der Waals surface area contributed by atoms with Crippen molar-refractivity contribution in [2.45, 2.75) is 46.2 Å². The smallest absolute Gasteiger partial charge is 0.343 e. The van der Waals surface area contributed by atoms with Crippen molar-refractivity contribution in [1.29, 1.82) is 0 Å². The maximum atomic E-state index is 13.0. The number of anilines is 1. The minimum atomic E-state index is -0.394. The molecule has 0 saturated carbocycles. The first-order valence-corrected chi connectivity index (χ1v) is 12.2. The third kappa shape index (κ3) is 4.27. The average molecular weight is 461 g/mol. The monoisotopic (exact) mass is 460 g/mol. The Labute approximate surface area is 198 Å². The summed E-state index contributed by atoms with van der Waals surface area (Å²) in [6, 6.07) is 16.2. The first-order chi connectivity index (χ1) is 15.8. The van der Waals surface area contributed by atoms with Gasteiger partial charge in [0.2, 0.25) is 0 Å². The number of hydrogen-bond donors (Lipinski definition) is 2. The molecule has 170 valence electrons. The molecule has 5 nitrogen and oxygen atoms in total. The van der Waals surface area contributed by atoms with Gasteiger partial charge in [-0.3, -0.25) is 4.79 Å². The van der Waals surface area contributed by atoms with Gasteiger partial charge in [0.15, 0.2) is 0 Å². The highest BCUT2D eigenvalue weighted by atomic mass is 32.1. The van der Waals surface area contributed by atoms with Crippen molar-refractivity contribution >= 4 is 28.2 Å². The minimum Gasteiger partial charge on any atom is -0.423 e. The number of carbonyl (C=O) groups is 2. The van der Waals surface area contributed by atoms with Crippen molar-refractivity contribution in [1.82, 2.24) is 5.32 Å². The lowest BCUT2D eigenvalue weighted by molar-refractivity contribution is 0.0734. The van der Waals surface area contributed by atoms with Gasteiger partial charge in [-0.15, -0.1) is 11.3 Å². The number of nitrogens with one attached hydrogen (secondary N) is 2. The van der Waals surface area contributed by atoms with Crippen molar-refractivity contribution < 1.29 is 14.3 Å². The van der Waals surface area contributed by atoms with E-state index in [1.165, 1.54) is 10.4 Å². The van der Waals surface area contributed by atoms with E-state index in [0.717, 1.165) is 35.4 Å². The first-order valence-electron chi connectivity index (χ1n) is 11.4. The highest BCUT2D eigenvalue weighted by molar-refractivity contribution is 7.16. The van der Waals surface area contributed by atoms with Crippen molar-refractivity contribution in [2.24, 2.45) is 11.3 Å². The molecule has 0 radical (unpaired) electrons. The number of fused-ring (bicyclic) bond motifs is 3. The van der Waals surface area contributed by atoms with Gasteiger partial charge in [0, 0.05) is 4.88 Å². The number of ether oxygens (including phenoxy) is 1. The van der Waals surface area contributed by atoms with Gasteiger partial charge in [-0.25, -0.2) is 4.79 Å². The summed E-state index contributed by atoms with van der Waals surface area (Å²) < 4.78 is 5.47. The van der Waals surface area contributed by atoms with Crippen LogP contribution in [0.2, 0.25) is 0 Å². The van der Waals surface area contributed by atoms with Gasteiger partial charge in [-0.2, -0.15) is 0 Å². The summed E-state index contributed by atoms with van der Waals surface area (Å²) >= 11 is 1.73. The molecule has 2 heterocycles. The Morgan fingerprint density at radius 2 is 1.76 bits per heavy atom. The van der Waals surface area contributed by atoms with Crippen molar-refractivity contribution in [3.8, 4) is 5.75 Å². The largest absolute Gasteiger partial charge is 0.423 e. The van der Waals surface area contributed by atoms with Crippen LogP contribution in [0, 0.1) is 11.3 Å². The second-order valence-corrected chi connectivity index (χ2v) is 11.0. The summed E-state index contributed by atoms with van der Waals surface area (Å²) in [4.78, 5) is 26.7. The van der Waals surface area contributed by atoms with Crippen LogP contribution in [-0.4, -0.2) is 11.9 Å². The van der Waals surface area contributed by atoms with Gasteiger partial charge in [0.05, 0.1) is 11.1 Å². The molecule has 2 atom stereocenters. The molecule has 2 N–H and O–H groups in total. The number of rotatable bonds is 3. The fourth-order valence-corrected chi connectivity index (χ4v) is 6.03. The third-order valence-corrected chi connectivity index (χ3v) is 7.89. The van der Waals surface area contributed by atoms with Crippen LogP contribution in [0.4, 0.5) is 5.00 Å².